The number of allylic oxidation sites excluding steroid dienone is 1. The molecule has 0 spiro atoms. The van der Waals surface area contributed by atoms with E-state index in [-0.39, 0.29) is 24.0 Å². The van der Waals surface area contributed by atoms with Gasteiger partial charge in [-0.2, -0.15) is 13.2 Å². The minimum atomic E-state index is -4.41. The summed E-state index contributed by atoms with van der Waals surface area (Å²) in [4.78, 5) is 30.5. The first-order valence-corrected chi connectivity index (χ1v) is 11.5. The van der Waals surface area contributed by atoms with Crippen molar-refractivity contribution in [2.45, 2.75) is 64.8 Å². The maximum atomic E-state index is 13.1. The van der Waals surface area contributed by atoms with Crippen molar-refractivity contribution in [1.82, 2.24) is 24.5 Å². The van der Waals surface area contributed by atoms with E-state index in [4.69, 9.17) is 9.72 Å². The van der Waals surface area contributed by atoms with Crippen molar-refractivity contribution in [1.29, 1.82) is 0 Å². The SMILES string of the molecule is CCn1cc([C@H]2C[C@@H](c3nc(C4=C=C(C(F)(F)F)C4)c4nc(C)c(C)nc4n3)CCO2)ccc1=O. The lowest BCUT2D eigenvalue weighted by atomic mass is 9.90. The lowest BCUT2D eigenvalue weighted by molar-refractivity contribution is -0.0934. The zero-order valence-corrected chi connectivity index (χ0v) is 19.6. The number of aryl methyl sites for hydroxylation is 3. The molecule has 4 heterocycles. The van der Waals surface area contributed by atoms with E-state index in [2.05, 4.69) is 20.7 Å². The van der Waals surface area contributed by atoms with Gasteiger partial charge in [0.15, 0.2) is 5.65 Å². The van der Waals surface area contributed by atoms with Gasteiger partial charge in [0.05, 0.1) is 23.1 Å². The number of alkyl halides is 3. The molecule has 182 valence electrons. The van der Waals surface area contributed by atoms with Crippen molar-refractivity contribution < 1.29 is 17.9 Å². The zero-order chi connectivity index (χ0) is 24.9. The molecule has 1 saturated heterocycles. The molecule has 1 aliphatic heterocycles. The topological polar surface area (TPSA) is 82.8 Å². The highest BCUT2D eigenvalue weighted by atomic mass is 19.4. The molecule has 0 saturated carbocycles. The molecule has 7 nitrogen and oxygen atoms in total. The number of aromatic nitrogens is 5. The molecule has 10 heteroatoms. The molecule has 0 aromatic carbocycles. The lowest BCUT2D eigenvalue weighted by Crippen LogP contribution is -2.24. The Bertz CT molecular complexity index is 1450. The molecule has 2 atom stereocenters. The molecular formula is C25H24F3N5O2. The number of hydrogen-bond donors (Lipinski definition) is 0. The second kappa shape index (κ2) is 8.70. The number of ether oxygens (including phenoxy) is 1. The minimum absolute atomic E-state index is 0.0737. The molecule has 0 unspecified atom stereocenters. The molecule has 0 bridgehead atoms. The highest BCUT2D eigenvalue weighted by Crippen LogP contribution is 2.41. The van der Waals surface area contributed by atoms with Crippen molar-refractivity contribution >= 4 is 16.7 Å². The van der Waals surface area contributed by atoms with Gasteiger partial charge >= 0.3 is 6.18 Å². The van der Waals surface area contributed by atoms with Gasteiger partial charge in [0, 0.05) is 43.3 Å². The largest absolute Gasteiger partial charge is 0.420 e. The molecule has 0 amide bonds. The zero-order valence-electron chi connectivity index (χ0n) is 19.6. The smallest absolute Gasteiger partial charge is 0.373 e. The van der Waals surface area contributed by atoms with Gasteiger partial charge in [0.1, 0.15) is 17.0 Å². The van der Waals surface area contributed by atoms with Crippen LogP contribution in [0.3, 0.4) is 0 Å². The van der Waals surface area contributed by atoms with Crippen molar-refractivity contribution in [2.24, 2.45) is 0 Å². The van der Waals surface area contributed by atoms with Crippen LogP contribution in [-0.4, -0.2) is 37.3 Å². The van der Waals surface area contributed by atoms with E-state index in [1.165, 1.54) is 6.07 Å². The van der Waals surface area contributed by atoms with E-state index in [1.807, 2.05) is 20.0 Å². The number of hydrogen-bond acceptors (Lipinski definition) is 6. The highest BCUT2D eigenvalue weighted by molar-refractivity contribution is 5.87. The molecule has 3 aromatic heterocycles. The molecule has 1 aliphatic carbocycles. The molecule has 2 aliphatic rings. The van der Waals surface area contributed by atoms with E-state index in [0.717, 1.165) is 5.56 Å². The van der Waals surface area contributed by atoms with Crippen LogP contribution in [0.25, 0.3) is 16.7 Å². The summed E-state index contributed by atoms with van der Waals surface area (Å²) in [6.07, 6.45) is -1.87. The first kappa shape index (κ1) is 23.4. The Balaban J connectivity index is 1.56. The van der Waals surface area contributed by atoms with Crippen molar-refractivity contribution in [3.8, 4) is 0 Å². The van der Waals surface area contributed by atoms with E-state index >= 15 is 0 Å². The number of fused-ring (bicyclic) bond motifs is 1. The number of halogens is 3. The third-order valence-corrected chi connectivity index (χ3v) is 6.61. The summed E-state index contributed by atoms with van der Waals surface area (Å²) in [5.74, 6) is 0.422. The maximum Gasteiger partial charge on any atom is 0.420 e. The predicted octanol–water partition coefficient (Wildman–Crippen LogP) is 4.73. The Kier molecular flexibility index (Phi) is 5.81. The average Bonchev–Trinajstić information content (AvgIpc) is 2.78. The van der Waals surface area contributed by atoms with Gasteiger partial charge in [-0.15, -0.1) is 5.73 Å². The van der Waals surface area contributed by atoms with Gasteiger partial charge in [-0.1, -0.05) is 0 Å². The lowest BCUT2D eigenvalue weighted by Gasteiger charge is -2.29. The van der Waals surface area contributed by atoms with Gasteiger partial charge in [-0.05, 0) is 45.2 Å². The van der Waals surface area contributed by atoms with Crippen molar-refractivity contribution in [3.63, 3.8) is 0 Å². The fourth-order valence-electron chi connectivity index (χ4n) is 4.43. The second-order valence-electron chi connectivity index (χ2n) is 8.92. The fourth-order valence-corrected chi connectivity index (χ4v) is 4.43. The van der Waals surface area contributed by atoms with Crippen LogP contribution in [0, 0.1) is 13.8 Å². The van der Waals surface area contributed by atoms with E-state index in [1.54, 1.807) is 17.6 Å². The van der Waals surface area contributed by atoms with Crippen LogP contribution in [0.2, 0.25) is 0 Å². The van der Waals surface area contributed by atoms with Crippen LogP contribution in [0.4, 0.5) is 13.2 Å². The number of nitrogens with zero attached hydrogens (tertiary/aromatic N) is 5. The Hall–Kier alpha value is -3.36. The van der Waals surface area contributed by atoms with Gasteiger partial charge in [0.25, 0.3) is 5.56 Å². The standard InChI is InChI=1S/C25H24F3N5O2/c1-4-33-12-16(5-6-20(33)34)19-11-15(7-8-35-19)23-31-21(17-9-18(10-17)25(26,27)28)22-24(32-23)30-14(3)13(2)29-22/h5-6,12,15,19H,4,7-9,11H2,1-3H3/t15-,19+/m0/s1. The Morgan fingerprint density at radius 2 is 1.89 bits per heavy atom. The summed E-state index contributed by atoms with van der Waals surface area (Å²) >= 11 is 0. The van der Waals surface area contributed by atoms with Gasteiger partial charge in [0.2, 0.25) is 0 Å². The first-order chi connectivity index (χ1) is 16.6. The van der Waals surface area contributed by atoms with Crippen LogP contribution in [0.15, 0.2) is 34.4 Å². The summed E-state index contributed by atoms with van der Waals surface area (Å²) in [5, 5.41) is 0. The Labute approximate surface area is 199 Å². The third-order valence-electron chi connectivity index (χ3n) is 6.61. The number of pyridine rings is 1. The summed E-state index contributed by atoms with van der Waals surface area (Å²) in [6.45, 7) is 6.54. The number of rotatable bonds is 4. The highest BCUT2D eigenvalue weighted by Gasteiger charge is 2.39. The summed E-state index contributed by atoms with van der Waals surface area (Å²) in [5.41, 5.74) is 5.41. The molecule has 1 fully saturated rings. The van der Waals surface area contributed by atoms with E-state index in [0.29, 0.717) is 65.6 Å². The molecule has 0 radical (unpaired) electrons. The molecule has 35 heavy (non-hydrogen) atoms. The fraction of sp³-hybridized carbons (Fsp3) is 0.440. The van der Waals surface area contributed by atoms with Gasteiger partial charge in [-0.25, -0.2) is 19.9 Å². The third kappa shape index (κ3) is 4.39. The van der Waals surface area contributed by atoms with Gasteiger partial charge < -0.3 is 9.30 Å². The molecule has 0 N–H and O–H groups in total. The first-order valence-electron chi connectivity index (χ1n) is 11.5. The average molecular weight is 483 g/mol. The van der Waals surface area contributed by atoms with Crippen molar-refractivity contribution in [2.75, 3.05) is 6.61 Å². The quantitative estimate of drug-likeness (QED) is 0.499. The van der Waals surface area contributed by atoms with Crippen LogP contribution in [0.1, 0.15) is 66.7 Å². The van der Waals surface area contributed by atoms with Crippen LogP contribution in [0.5, 0.6) is 0 Å². The molecule has 5 rings (SSSR count). The Morgan fingerprint density at radius 1 is 1.14 bits per heavy atom. The van der Waals surface area contributed by atoms with E-state index < -0.39 is 11.7 Å². The minimum Gasteiger partial charge on any atom is -0.373 e. The summed E-state index contributed by atoms with van der Waals surface area (Å²) in [7, 11) is 0. The van der Waals surface area contributed by atoms with Crippen LogP contribution < -0.4 is 5.56 Å². The Morgan fingerprint density at radius 3 is 2.60 bits per heavy atom. The molecular weight excluding hydrogens is 459 g/mol. The maximum absolute atomic E-state index is 13.1. The van der Waals surface area contributed by atoms with Crippen LogP contribution >= 0.6 is 0 Å². The summed E-state index contributed by atoms with van der Waals surface area (Å²) in [6, 6.07) is 3.30. The molecule has 3 aromatic rings. The van der Waals surface area contributed by atoms with E-state index in [9.17, 15) is 18.0 Å². The second-order valence-corrected chi connectivity index (χ2v) is 8.92. The van der Waals surface area contributed by atoms with Gasteiger partial charge in [-0.3, -0.25) is 4.79 Å². The van der Waals surface area contributed by atoms with Crippen LogP contribution in [-0.2, 0) is 11.3 Å². The van der Waals surface area contributed by atoms with Crippen molar-refractivity contribution in [3.05, 3.63) is 68.5 Å². The normalized spacial score (nSPS) is 20.4. The summed E-state index contributed by atoms with van der Waals surface area (Å²) < 4.78 is 46.8. The monoisotopic (exact) mass is 483 g/mol. The predicted molar refractivity (Wildman–Crippen MR) is 123 cm³/mol.